The summed E-state index contributed by atoms with van der Waals surface area (Å²) < 4.78 is 59.9. The first-order valence-electron chi connectivity index (χ1n) is 13.6. The summed E-state index contributed by atoms with van der Waals surface area (Å²) in [5, 5.41) is 19.0. The topological polar surface area (TPSA) is 137 Å². The van der Waals surface area contributed by atoms with Crippen LogP contribution >= 0.6 is 22.9 Å². The maximum atomic E-state index is 14.3. The Labute approximate surface area is 250 Å². The Kier molecular flexibility index (Phi) is 6.99. The molecule has 0 radical (unpaired) electrons. The van der Waals surface area contributed by atoms with Crippen LogP contribution in [-0.2, 0) is 20.2 Å². The predicted molar refractivity (Wildman–Crippen MR) is 152 cm³/mol. The minimum atomic E-state index is -4.03. The third-order valence-corrected chi connectivity index (χ3v) is 11.1. The van der Waals surface area contributed by atoms with Crippen molar-refractivity contribution in [3.05, 3.63) is 22.4 Å². The van der Waals surface area contributed by atoms with Crippen LogP contribution in [0, 0.1) is 17.2 Å². The highest BCUT2D eigenvalue weighted by Crippen LogP contribution is 2.49. The van der Waals surface area contributed by atoms with E-state index >= 15 is 0 Å². The average molecular weight is 639 g/mol. The summed E-state index contributed by atoms with van der Waals surface area (Å²) in [4.78, 5) is 20.0. The number of carbonyl (C=O) groups excluding carboxylic acids is 1. The van der Waals surface area contributed by atoms with Crippen LogP contribution in [0.1, 0.15) is 51.5 Å². The average Bonchev–Trinajstić information content (AvgIpc) is 3.80. The van der Waals surface area contributed by atoms with E-state index in [0.717, 1.165) is 0 Å². The van der Waals surface area contributed by atoms with Crippen molar-refractivity contribution < 1.29 is 22.0 Å². The van der Waals surface area contributed by atoms with Gasteiger partial charge >= 0.3 is 0 Å². The second-order valence-electron chi connectivity index (χ2n) is 11.8. The minimum absolute atomic E-state index is 0.0264. The lowest BCUT2D eigenvalue weighted by atomic mass is 10.1. The van der Waals surface area contributed by atoms with Crippen molar-refractivity contribution >= 4 is 50.1 Å². The Morgan fingerprint density at radius 1 is 1.24 bits per heavy atom. The van der Waals surface area contributed by atoms with Crippen LogP contribution in [0.15, 0.2) is 17.2 Å². The number of nitrogens with one attached hydrogen (secondary N) is 1. The fourth-order valence-corrected chi connectivity index (χ4v) is 7.97. The first-order chi connectivity index (χ1) is 19.8. The molecule has 0 aromatic carbocycles. The van der Waals surface area contributed by atoms with Gasteiger partial charge in [0.2, 0.25) is 15.9 Å². The fraction of sp³-hybridized carbons (Fsp3) is 0.577. The summed E-state index contributed by atoms with van der Waals surface area (Å²) in [6, 6.07) is 2.31. The molecule has 0 unspecified atom stereocenters. The third-order valence-electron chi connectivity index (χ3n) is 8.15. The molecule has 1 aliphatic heterocycles. The van der Waals surface area contributed by atoms with Gasteiger partial charge in [0.1, 0.15) is 26.9 Å². The van der Waals surface area contributed by atoms with Crippen LogP contribution in [0.4, 0.5) is 14.5 Å². The van der Waals surface area contributed by atoms with Gasteiger partial charge in [-0.25, -0.2) is 26.9 Å². The van der Waals surface area contributed by atoms with E-state index < -0.39 is 39.4 Å². The highest BCUT2D eigenvalue weighted by atomic mass is 35.5. The molecule has 4 heterocycles. The van der Waals surface area contributed by atoms with Crippen molar-refractivity contribution in [2.45, 2.75) is 74.8 Å². The van der Waals surface area contributed by atoms with Gasteiger partial charge in [0.25, 0.3) is 6.43 Å². The number of anilines is 1. The van der Waals surface area contributed by atoms with Gasteiger partial charge < -0.3 is 9.80 Å². The first kappa shape index (κ1) is 29.2. The lowest BCUT2D eigenvalue weighted by molar-refractivity contribution is -0.141. The maximum absolute atomic E-state index is 14.3. The van der Waals surface area contributed by atoms with Gasteiger partial charge in [-0.2, -0.15) is 5.26 Å². The van der Waals surface area contributed by atoms with Gasteiger partial charge in [-0.3, -0.25) is 9.20 Å². The molecule has 3 fully saturated rings. The van der Waals surface area contributed by atoms with Gasteiger partial charge in [-0.15, -0.1) is 10.2 Å². The van der Waals surface area contributed by atoms with Crippen LogP contribution in [-0.4, -0.2) is 76.4 Å². The number of hydrogen-bond donors (Lipinski definition) is 1. The lowest BCUT2D eigenvalue weighted by Crippen LogP contribution is -2.59. The van der Waals surface area contributed by atoms with E-state index in [2.05, 4.69) is 26.0 Å². The zero-order valence-corrected chi connectivity index (χ0v) is 25.5. The molecule has 1 amide bonds. The number of hydrogen-bond acceptors (Lipinski definition) is 9. The highest BCUT2D eigenvalue weighted by Gasteiger charge is 2.48. The van der Waals surface area contributed by atoms with E-state index in [-0.39, 0.29) is 41.4 Å². The van der Waals surface area contributed by atoms with Crippen LogP contribution in [0.5, 0.6) is 0 Å². The third kappa shape index (κ3) is 5.01. The molecule has 224 valence electrons. The number of imidazole rings is 1. The molecule has 3 aromatic rings. The standard InChI is InChI=1S/C26H29ClF2N8O3S2/c1-14(2)23(38)36-9-8-35(12-17(36)20(28)29)16-10-15(42(39,40)34-25(3)4-5-25)11-37-18(16)19(27)31-21(37)22-32-33-24(41-22)26(13-30)6-7-26/h10-11,14,17,20,34H,4-9,12H2,1-3H3/t17-/m0/s1. The Bertz CT molecular complexity index is 1730. The molecule has 42 heavy (non-hydrogen) atoms. The Morgan fingerprint density at radius 3 is 2.55 bits per heavy atom. The van der Waals surface area contributed by atoms with Crippen molar-refractivity contribution in [3.8, 4) is 16.9 Å². The molecular formula is C26H29ClF2N8O3S2. The number of nitriles is 1. The van der Waals surface area contributed by atoms with Crippen LogP contribution in [0.25, 0.3) is 16.3 Å². The van der Waals surface area contributed by atoms with Crippen molar-refractivity contribution in [2.24, 2.45) is 5.92 Å². The molecule has 3 aromatic heterocycles. The van der Waals surface area contributed by atoms with E-state index in [4.69, 9.17) is 11.6 Å². The van der Waals surface area contributed by atoms with Crippen molar-refractivity contribution in [1.82, 2.24) is 29.2 Å². The summed E-state index contributed by atoms with van der Waals surface area (Å²) in [5.41, 5.74) is -0.617. The highest BCUT2D eigenvalue weighted by molar-refractivity contribution is 7.89. The van der Waals surface area contributed by atoms with Gasteiger partial charge in [-0.1, -0.05) is 36.8 Å². The quantitative estimate of drug-likeness (QED) is 0.393. The monoisotopic (exact) mass is 638 g/mol. The summed E-state index contributed by atoms with van der Waals surface area (Å²) in [6.07, 6.45) is 1.31. The smallest absolute Gasteiger partial charge is 0.260 e. The molecule has 0 spiro atoms. The second-order valence-corrected chi connectivity index (χ2v) is 14.8. The zero-order valence-electron chi connectivity index (χ0n) is 23.1. The number of piperazine rings is 1. The summed E-state index contributed by atoms with van der Waals surface area (Å²) in [6.45, 7) is 5.11. The molecule has 16 heteroatoms. The number of carbonyl (C=O) groups is 1. The molecule has 0 bridgehead atoms. The number of pyridine rings is 1. The van der Waals surface area contributed by atoms with Crippen LogP contribution in [0.2, 0.25) is 5.15 Å². The van der Waals surface area contributed by atoms with Gasteiger partial charge in [-0.05, 0) is 38.7 Å². The van der Waals surface area contributed by atoms with Crippen molar-refractivity contribution in [1.29, 1.82) is 5.26 Å². The SMILES string of the molecule is CC(C)C(=O)N1CCN(c2cc(S(=O)(=O)NC3(C)CC3)cn3c(-c4nnc(C5(C#N)CC5)s4)nc(Cl)c23)C[C@H]1C(F)F. The molecule has 6 rings (SSSR count). The normalized spacial score (nSPS) is 21.3. The fourth-order valence-electron chi connectivity index (χ4n) is 5.19. The number of rotatable bonds is 8. The van der Waals surface area contributed by atoms with Crippen molar-refractivity contribution in [2.75, 3.05) is 24.5 Å². The Balaban J connectivity index is 1.48. The van der Waals surface area contributed by atoms with E-state index in [1.54, 1.807) is 18.7 Å². The van der Waals surface area contributed by atoms with Gasteiger partial charge in [0.05, 0.1) is 11.8 Å². The van der Waals surface area contributed by atoms with Crippen LogP contribution < -0.4 is 9.62 Å². The number of nitrogens with zero attached hydrogens (tertiary/aromatic N) is 7. The molecule has 1 N–H and O–H groups in total. The zero-order chi connectivity index (χ0) is 30.2. The van der Waals surface area contributed by atoms with Gasteiger partial charge in [0, 0.05) is 37.3 Å². The molecule has 2 aliphatic carbocycles. The summed E-state index contributed by atoms with van der Waals surface area (Å²) in [7, 11) is -4.03. The number of aromatic nitrogens is 4. The van der Waals surface area contributed by atoms with E-state index in [1.807, 2.05) is 6.92 Å². The van der Waals surface area contributed by atoms with Crippen molar-refractivity contribution in [3.63, 3.8) is 0 Å². The van der Waals surface area contributed by atoms with Crippen LogP contribution in [0.3, 0.4) is 0 Å². The molecule has 1 saturated heterocycles. The molecule has 2 saturated carbocycles. The van der Waals surface area contributed by atoms with E-state index in [9.17, 15) is 27.3 Å². The first-order valence-corrected chi connectivity index (χ1v) is 16.3. The number of sulfonamides is 1. The predicted octanol–water partition coefficient (Wildman–Crippen LogP) is 3.83. The number of amides is 1. The maximum Gasteiger partial charge on any atom is 0.260 e. The number of halogens is 3. The second kappa shape index (κ2) is 10.1. The summed E-state index contributed by atoms with van der Waals surface area (Å²) >= 11 is 7.84. The van der Waals surface area contributed by atoms with E-state index in [0.29, 0.717) is 46.9 Å². The summed E-state index contributed by atoms with van der Waals surface area (Å²) in [5.74, 6) is -0.597. The molecular weight excluding hydrogens is 610 g/mol. The largest absolute Gasteiger partial charge is 0.366 e. The number of fused-ring (bicyclic) bond motifs is 1. The molecule has 11 nitrogen and oxygen atoms in total. The van der Waals surface area contributed by atoms with E-state index in [1.165, 1.54) is 32.9 Å². The number of alkyl halides is 2. The lowest BCUT2D eigenvalue weighted by Gasteiger charge is -2.42. The Hall–Kier alpha value is -2.93. The van der Waals surface area contributed by atoms with Gasteiger partial charge in [0.15, 0.2) is 16.0 Å². The molecule has 3 aliphatic rings. The Morgan fingerprint density at radius 2 is 1.95 bits per heavy atom. The minimum Gasteiger partial charge on any atom is -0.366 e. The molecule has 1 atom stereocenters.